The molecule has 0 heterocycles. The van der Waals surface area contributed by atoms with E-state index in [1.807, 2.05) is 12.1 Å². The molecule has 1 heteroatoms. The van der Waals surface area contributed by atoms with Gasteiger partial charge in [0.05, 0.1) is 0 Å². The SMILES string of the molecule is CCCCCCCCCCCCc1ccc2cc(-c3ccc(O)cc3)ccc2c1. The zero-order valence-corrected chi connectivity index (χ0v) is 18.0. The van der Waals surface area contributed by atoms with Crippen molar-refractivity contribution in [3.63, 3.8) is 0 Å². The van der Waals surface area contributed by atoms with Gasteiger partial charge in [-0.3, -0.25) is 0 Å². The third-order valence-electron chi connectivity index (χ3n) is 5.92. The molecule has 0 aliphatic rings. The van der Waals surface area contributed by atoms with Gasteiger partial charge >= 0.3 is 0 Å². The molecule has 3 rings (SSSR count). The molecule has 0 aromatic heterocycles. The average Bonchev–Trinajstić information content (AvgIpc) is 2.75. The summed E-state index contributed by atoms with van der Waals surface area (Å²) < 4.78 is 0. The van der Waals surface area contributed by atoms with Gasteiger partial charge in [0.15, 0.2) is 0 Å². The molecule has 3 aromatic rings. The Balaban J connectivity index is 1.43. The van der Waals surface area contributed by atoms with E-state index in [9.17, 15) is 5.11 Å². The zero-order chi connectivity index (χ0) is 20.3. The van der Waals surface area contributed by atoms with Crippen molar-refractivity contribution in [3.8, 4) is 16.9 Å². The number of phenolic OH excluding ortho intramolecular Hbond substituents is 1. The zero-order valence-electron chi connectivity index (χ0n) is 18.0. The van der Waals surface area contributed by atoms with Gasteiger partial charge < -0.3 is 5.11 Å². The molecule has 0 atom stereocenters. The maximum atomic E-state index is 9.48. The van der Waals surface area contributed by atoms with Gasteiger partial charge in [0.2, 0.25) is 0 Å². The summed E-state index contributed by atoms with van der Waals surface area (Å²) in [5, 5.41) is 12.1. The van der Waals surface area contributed by atoms with Gasteiger partial charge in [0, 0.05) is 0 Å². The van der Waals surface area contributed by atoms with Crippen LogP contribution in [0.25, 0.3) is 21.9 Å². The molecule has 154 valence electrons. The molecule has 29 heavy (non-hydrogen) atoms. The van der Waals surface area contributed by atoms with Gasteiger partial charge in [-0.25, -0.2) is 0 Å². The van der Waals surface area contributed by atoms with Crippen LogP contribution < -0.4 is 0 Å². The average molecular weight is 389 g/mol. The summed E-state index contributed by atoms with van der Waals surface area (Å²) in [6, 6.07) is 21.0. The molecule has 0 amide bonds. The van der Waals surface area contributed by atoms with E-state index in [0.717, 1.165) is 5.56 Å². The van der Waals surface area contributed by atoms with Gasteiger partial charge in [0.1, 0.15) is 5.75 Å². The quantitative estimate of drug-likeness (QED) is 0.308. The van der Waals surface area contributed by atoms with Crippen molar-refractivity contribution in [2.45, 2.75) is 77.6 Å². The monoisotopic (exact) mass is 388 g/mol. The summed E-state index contributed by atoms with van der Waals surface area (Å²) in [6.07, 6.45) is 15.1. The molecule has 0 aliphatic carbocycles. The van der Waals surface area contributed by atoms with Gasteiger partial charge in [-0.2, -0.15) is 0 Å². The lowest BCUT2D eigenvalue weighted by Gasteiger charge is -2.07. The number of aromatic hydroxyl groups is 1. The topological polar surface area (TPSA) is 20.2 Å². The summed E-state index contributed by atoms with van der Waals surface area (Å²) in [7, 11) is 0. The van der Waals surface area contributed by atoms with Crippen molar-refractivity contribution in [3.05, 3.63) is 66.2 Å². The Morgan fingerprint density at radius 3 is 1.79 bits per heavy atom. The fourth-order valence-electron chi connectivity index (χ4n) is 4.10. The fourth-order valence-corrected chi connectivity index (χ4v) is 4.10. The van der Waals surface area contributed by atoms with E-state index in [0.29, 0.717) is 5.75 Å². The van der Waals surface area contributed by atoms with Crippen molar-refractivity contribution in [1.29, 1.82) is 0 Å². The number of fused-ring (bicyclic) bond motifs is 1. The molecule has 0 saturated carbocycles. The Labute approximate surface area is 176 Å². The van der Waals surface area contributed by atoms with E-state index < -0.39 is 0 Å². The van der Waals surface area contributed by atoms with E-state index in [2.05, 4.69) is 43.3 Å². The van der Waals surface area contributed by atoms with E-state index in [1.165, 1.54) is 92.5 Å². The highest BCUT2D eigenvalue weighted by Crippen LogP contribution is 2.27. The molecular formula is C28H36O. The number of unbranched alkanes of at least 4 members (excludes halogenated alkanes) is 9. The molecule has 0 saturated heterocycles. The van der Waals surface area contributed by atoms with Gasteiger partial charge in [0.25, 0.3) is 0 Å². The Morgan fingerprint density at radius 1 is 0.552 bits per heavy atom. The predicted octanol–water partition coefficient (Wildman–Crippen LogP) is 8.68. The summed E-state index contributed by atoms with van der Waals surface area (Å²) >= 11 is 0. The summed E-state index contributed by atoms with van der Waals surface area (Å²) in [4.78, 5) is 0. The normalized spacial score (nSPS) is 11.2. The molecular weight excluding hydrogens is 352 g/mol. The maximum Gasteiger partial charge on any atom is 0.115 e. The minimum atomic E-state index is 0.311. The molecule has 1 nitrogen and oxygen atoms in total. The number of hydrogen-bond donors (Lipinski definition) is 1. The second-order valence-electron chi connectivity index (χ2n) is 8.38. The van der Waals surface area contributed by atoms with Crippen molar-refractivity contribution >= 4 is 10.8 Å². The first kappa shape index (κ1) is 21.4. The number of phenols is 1. The highest BCUT2D eigenvalue weighted by molar-refractivity contribution is 5.87. The van der Waals surface area contributed by atoms with Crippen LogP contribution in [0.4, 0.5) is 0 Å². The lowest BCUT2D eigenvalue weighted by molar-refractivity contribution is 0.475. The lowest BCUT2D eigenvalue weighted by Crippen LogP contribution is -1.88. The van der Waals surface area contributed by atoms with Crippen molar-refractivity contribution in [2.24, 2.45) is 0 Å². The minimum Gasteiger partial charge on any atom is -0.508 e. The van der Waals surface area contributed by atoms with Crippen LogP contribution in [0.5, 0.6) is 5.75 Å². The third kappa shape index (κ3) is 6.92. The van der Waals surface area contributed by atoms with E-state index in [1.54, 1.807) is 12.1 Å². The van der Waals surface area contributed by atoms with Crippen LogP contribution in [0.3, 0.4) is 0 Å². The Morgan fingerprint density at radius 2 is 1.10 bits per heavy atom. The van der Waals surface area contributed by atoms with Crippen LogP contribution in [0, 0.1) is 0 Å². The minimum absolute atomic E-state index is 0.311. The van der Waals surface area contributed by atoms with Crippen LogP contribution in [0.15, 0.2) is 60.7 Å². The van der Waals surface area contributed by atoms with Crippen LogP contribution in [0.2, 0.25) is 0 Å². The van der Waals surface area contributed by atoms with E-state index >= 15 is 0 Å². The molecule has 0 bridgehead atoms. The van der Waals surface area contributed by atoms with Crippen molar-refractivity contribution < 1.29 is 5.11 Å². The lowest BCUT2D eigenvalue weighted by atomic mass is 9.98. The second kappa shape index (κ2) is 11.7. The predicted molar refractivity (Wildman–Crippen MR) is 127 cm³/mol. The maximum absolute atomic E-state index is 9.48. The Hall–Kier alpha value is -2.28. The molecule has 0 radical (unpaired) electrons. The van der Waals surface area contributed by atoms with Crippen LogP contribution in [-0.4, -0.2) is 5.11 Å². The van der Waals surface area contributed by atoms with Crippen molar-refractivity contribution in [2.75, 3.05) is 0 Å². The highest BCUT2D eigenvalue weighted by atomic mass is 16.3. The van der Waals surface area contributed by atoms with Crippen LogP contribution in [0.1, 0.15) is 76.7 Å². The number of hydrogen-bond acceptors (Lipinski definition) is 1. The molecule has 0 spiro atoms. The van der Waals surface area contributed by atoms with Crippen LogP contribution >= 0.6 is 0 Å². The van der Waals surface area contributed by atoms with Gasteiger partial charge in [-0.1, -0.05) is 107 Å². The molecule has 0 unspecified atom stereocenters. The van der Waals surface area contributed by atoms with Crippen molar-refractivity contribution in [1.82, 2.24) is 0 Å². The molecule has 0 aliphatic heterocycles. The first-order chi connectivity index (χ1) is 14.3. The Kier molecular flexibility index (Phi) is 8.61. The first-order valence-electron chi connectivity index (χ1n) is 11.6. The van der Waals surface area contributed by atoms with E-state index in [-0.39, 0.29) is 0 Å². The van der Waals surface area contributed by atoms with Gasteiger partial charge in [-0.05, 0) is 58.5 Å². The second-order valence-corrected chi connectivity index (χ2v) is 8.38. The Bertz CT molecular complexity index is 863. The largest absolute Gasteiger partial charge is 0.508 e. The summed E-state index contributed by atoms with van der Waals surface area (Å²) in [6.45, 7) is 2.28. The first-order valence-corrected chi connectivity index (χ1v) is 11.6. The van der Waals surface area contributed by atoms with Gasteiger partial charge in [-0.15, -0.1) is 0 Å². The smallest absolute Gasteiger partial charge is 0.115 e. The number of aryl methyl sites for hydroxylation is 1. The summed E-state index contributed by atoms with van der Waals surface area (Å²) in [5.74, 6) is 0.311. The molecule has 3 aromatic carbocycles. The fraction of sp³-hybridized carbons (Fsp3) is 0.429. The molecule has 1 N–H and O–H groups in total. The number of rotatable bonds is 12. The number of benzene rings is 3. The summed E-state index contributed by atoms with van der Waals surface area (Å²) in [5.41, 5.74) is 3.79. The highest BCUT2D eigenvalue weighted by Gasteiger charge is 2.02. The van der Waals surface area contributed by atoms with Crippen LogP contribution in [-0.2, 0) is 6.42 Å². The molecule has 0 fully saturated rings. The third-order valence-corrected chi connectivity index (χ3v) is 5.92. The standard InChI is InChI=1S/C28H36O/c1-2-3-4-5-6-7-8-9-10-11-12-23-13-14-27-22-26(16-15-25(27)21-23)24-17-19-28(29)20-18-24/h13-22,29H,2-12H2,1H3. The van der Waals surface area contributed by atoms with E-state index in [4.69, 9.17) is 0 Å².